The topological polar surface area (TPSA) is 132 Å². The van der Waals surface area contributed by atoms with E-state index in [0.717, 1.165) is 50.3 Å². The number of thiazole rings is 1. The van der Waals surface area contributed by atoms with Gasteiger partial charge in [0.05, 0.1) is 18.4 Å². The van der Waals surface area contributed by atoms with Crippen molar-refractivity contribution < 1.29 is 4.74 Å². The van der Waals surface area contributed by atoms with Gasteiger partial charge in [-0.05, 0) is 112 Å². The van der Waals surface area contributed by atoms with Crippen LogP contribution >= 0.6 is 11.3 Å². The summed E-state index contributed by atoms with van der Waals surface area (Å²) in [6.07, 6.45) is 0. The zero-order chi connectivity index (χ0) is 37.8. The second-order valence-electron chi connectivity index (χ2n) is 13.0. The Kier molecular flexibility index (Phi) is 10.2. The van der Waals surface area contributed by atoms with E-state index in [1.807, 2.05) is 106 Å². The van der Waals surface area contributed by atoms with E-state index in [9.17, 15) is 5.26 Å². The van der Waals surface area contributed by atoms with Crippen LogP contribution in [0.5, 0.6) is 5.75 Å². The van der Waals surface area contributed by atoms with Gasteiger partial charge in [-0.3, -0.25) is 0 Å². The van der Waals surface area contributed by atoms with Crippen molar-refractivity contribution in [3.05, 3.63) is 137 Å². The third-order valence-electron chi connectivity index (χ3n) is 8.90. The normalized spacial score (nSPS) is 11.4. The molecule has 2 N–H and O–H groups in total. The Bertz CT molecular complexity index is 2590. The molecule has 0 saturated carbocycles. The fraction of sp³-hybridized carbons (Fsp3) is 0.140. The van der Waals surface area contributed by atoms with Crippen molar-refractivity contribution in [2.75, 3.05) is 17.7 Å². The van der Waals surface area contributed by atoms with E-state index >= 15 is 0 Å². The van der Waals surface area contributed by atoms with Crippen molar-refractivity contribution in [1.82, 2.24) is 9.97 Å². The summed E-state index contributed by atoms with van der Waals surface area (Å²) in [6.45, 7) is 10.1. The molecule has 5 aromatic carbocycles. The lowest BCUT2D eigenvalue weighted by Crippen LogP contribution is -2.04. The van der Waals surface area contributed by atoms with E-state index in [2.05, 4.69) is 69.2 Å². The van der Waals surface area contributed by atoms with Gasteiger partial charge in [0.2, 0.25) is 5.13 Å². The summed E-state index contributed by atoms with van der Waals surface area (Å²) < 4.78 is 5.39. The van der Waals surface area contributed by atoms with Gasteiger partial charge in [0.15, 0.2) is 16.6 Å². The summed E-state index contributed by atoms with van der Waals surface area (Å²) in [6, 6.07) is 36.2. The molecule has 7 rings (SSSR count). The minimum atomic E-state index is 0.354. The van der Waals surface area contributed by atoms with E-state index in [1.54, 1.807) is 7.11 Å². The van der Waals surface area contributed by atoms with Crippen LogP contribution in [0, 0.1) is 45.9 Å². The molecule has 10 nitrogen and oxygen atoms in total. The number of hydrogen-bond acceptors (Lipinski definition) is 11. The van der Waals surface area contributed by atoms with E-state index in [0.29, 0.717) is 44.3 Å². The highest BCUT2D eigenvalue weighted by Crippen LogP contribution is 2.43. The minimum absolute atomic E-state index is 0.354. The Balaban J connectivity index is 1.29. The van der Waals surface area contributed by atoms with Gasteiger partial charge in [-0.15, -0.1) is 20.5 Å². The molecule has 0 spiro atoms. The van der Waals surface area contributed by atoms with Crippen molar-refractivity contribution in [2.24, 2.45) is 20.5 Å². The molecular weight excluding hydrogens is 691 g/mol. The summed E-state index contributed by atoms with van der Waals surface area (Å²) >= 11 is 1.26. The molecule has 11 heteroatoms. The van der Waals surface area contributed by atoms with Gasteiger partial charge in [0.25, 0.3) is 0 Å². The molecular formula is C43H37N9OS. The summed E-state index contributed by atoms with van der Waals surface area (Å²) in [4.78, 5) is 9.73. The number of methoxy groups -OCH3 is 1. The van der Waals surface area contributed by atoms with Crippen LogP contribution < -0.4 is 15.4 Å². The first-order valence-corrected chi connectivity index (χ1v) is 18.1. The molecule has 0 aliphatic rings. The highest BCUT2D eigenvalue weighted by atomic mass is 32.1. The summed E-state index contributed by atoms with van der Waals surface area (Å²) in [5.74, 6) is 1.57. The number of benzene rings is 5. The van der Waals surface area contributed by atoms with E-state index in [-0.39, 0.29) is 0 Å². The Morgan fingerprint density at radius 1 is 0.667 bits per heavy atom. The molecule has 0 fully saturated rings. The first-order valence-electron chi connectivity index (χ1n) is 17.3. The summed E-state index contributed by atoms with van der Waals surface area (Å²) in [5.41, 5.74) is 9.80. The van der Waals surface area contributed by atoms with E-state index < -0.39 is 0 Å². The average molecular weight is 728 g/mol. The van der Waals surface area contributed by atoms with Crippen LogP contribution in [0.2, 0.25) is 0 Å². The zero-order valence-electron chi connectivity index (χ0n) is 30.8. The SMILES string of the molecule is COc1ccc(-c2nc(N=Nc3c(Nc4ccc(C)cc4)nc(Nc4ccc(C)cc4)c(C#N)c3C)sc2N=Nc2ccc3cc(C)cc(C)c3c2)cc1. The lowest BCUT2D eigenvalue weighted by atomic mass is 10.0. The lowest BCUT2D eigenvalue weighted by molar-refractivity contribution is 0.415. The molecule has 0 bridgehead atoms. The highest BCUT2D eigenvalue weighted by Gasteiger charge is 2.20. The van der Waals surface area contributed by atoms with Crippen LogP contribution in [0.3, 0.4) is 0 Å². The van der Waals surface area contributed by atoms with Gasteiger partial charge in [0, 0.05) is 22.5 Å². The molecule has 0 radical (unpaired) electrons. The smallest absolute Gasteiger partial charge is 0.232 e. The maximum atomic E-state index is 10.3. The number of azo groups is 2. The van der Waals surface area contributed by atoms with E-state index in [4.69, 9.17) is 14.7 Å². The molecule has 2 heterocycles. The summed E-state index contributed by atoms with van der Waals surface area (Å²) in [5, 5.41) is 38.8. The average Bonchev–Trinajstić information content (AvgIpc) is 3.58. The van der Waals surface area contributed by atoms with Crippen LogP contribution in [-0.2, 0) is 0 Å². The monoisotopic (exact) mass is 727 g/mol. The molecule has 0 aliphatic heterocycles. The molecule has 54 heavy (non-hydrogen) atoms. The number of nitrogens with one attached hydrogen (secondary N) is 2. The second kappa shape index (κ2) is 15.5. The van der Waals surface area contributed by atoms with Gasteiger partial charge < -0.3 is 15.4 Å². The van der Waals surface area contributed by atoms with Crippen LogP contribution in [0.4, 0.5) is 44.5 Å². The number of rotatable bonds is 10. The van der Waals surface area contributed by atoms with E-state index in [1.165, 1.54) is 22.5 Å². The molecule has 0 atom stereocenters. The summed E-state index contributed by atoms with van der Waals surface area (Å²) in [7, 11) is 1.63. The number of hydrogen-bond donors (Lipinski definition) is 2. The Morgan fingerprint density at radius 3 is 1.98 bits per heavy atom. The number of ether oxygens (including phenoxy) is 1. The molecule has 0 amide bonds. The van der Waals surface area contributed by atoms with Crippen molar-refractivity contribution in [2.45, 2.75) is 34.6 Å². The Hall–Kier alpha value is -6.77. The van der Waals surface area contributed by atoms with Crippen molar-refractivity contribution in [3.8, 4) is 23.1 Å². The first-order chi connectivity index (χ1) is 26.2. The molecule has 7 aromatic rings. The number of pyridine rings is 1. The fourth-order valence-corrected chi connectivity index (χ4v) is 6.74. The van der Waals surface area contributed by atoms with Crippen molar-refractivity contribution in [1.29, 1.82) is 5.26 Å². The number of anilines is 4. The molecule has 0 saturated heterocycles. The Labute approximate surface area is 318 Å². The number of nitriles is 1. The predicted octanol–water partition coefficient (Wildman–Crippen LogP) is 13.1. The fourth-order valence-electron chi connectivity index (χ4n) is 6.00. The van der Waals surface area contributed by atoms with Crippen LogP contribution in [-0.4, -0.2) is 17.1 Å². The van der Waals surface area contributed by atoms with Crippen LogP contribution in [0.25, 0.3) is 22.0 Å². The molecule has 2 aromatic heterocycles. The van der Waals surface area contributed by atoms with Crippen molar-refractivity contribution in [3.63, 3.8) is 0 Å². The first kappa shape index (κ1) is 35.6. The second-order valence-corrected chi connectivity index (χ2v) is 14.0. The molecule has 0 unspecified atom stereocenters. The standard InChI is InChI=1S/C43H37N9OS/c1-25-7-14-32(15-8-25)45-40-37(24-44)29(5)38(41(48-40)46-33-16-9-26(2)10-17-33)50-52-43-47-39(30-12-19-35(53-6)20-13-30)42(54-43)51-49-34-18-11-31-22-27(3)21-28(4)36(31)23-34/h7-23H,1-6H3,(H2,45,46,48). The number of fused-ring (bicyclic) bond motifs is 1. The number of aromatic nitrogens is 2. The van der Waals surface area contributed by atoms with Crippen LogP contribution in [0.1, 0.15) is 33.4 Å². The molecule has 266 valence electrons. The van der Waals surface area contributed by atoms with Gasteiger partial charge in [-0.2, -0.15) is 5.26 Å². The lowest BCUT2D eigenvalue weighted by Gasteiger charge is -2.16. The number of aryl methyl sites for hydroxylation is 4. The van der Waals surface area contributed by atoms with Gasteiger partial charge in [-0.25, -0.2) is 9.97 Å². The Morgan fingerprint density at radius 2 is 1.33 bits per heavy atom. The van der Waals surface area contributed by atoms with Gasteiger partial charge >= 0.3 is 0 Å². The van der Waals surface area contributed by atoms with Crippen LogP contribution in [0.15, 0.2) is 124 Å². The highest BCUT2D eigenvalue weighted by molar-refractivity contribution is 7.19. The quantitative estimate of drug-likeness (QED) is 0.135. The number of nitrogens with zero attached hydrogens (tertiary/aromatic N) is 7. The maximum Gasteiger partial charge on any atom is 0.232 e. The van der Waals surface area contributed by atoms with Gasteiger partial charge in [-0.1, -0.05) is 70.5 Å². The zero-order valence-corrected chi connectivity index (χ0v) is 31.6. The minimum Gasteiger partial charge on any atom is -0.497 e. The molecule has 0 aliphatic carbocycles. The maximum absolute atomic E-state index is 10.3. The van der Waals surface area contributed by atoms with Gasteiger partial charge in [0.1, 0.15) is 23.2 Å². The largest absolute Gasteiger partial charge is 0.497 e. The van der Waals surface area contributed by atoms with Crippen molar-refractivity contribution >= 4 is 66.6 Å². The predicted molar refractivity (Wildman–Crippen MR) is 218 cm³/mol. The third-order valence-corrected chi connectivity index (χ3v) is 9.72. The third kappa shape index (κ3) is 7.84.